The lowest BCUT2D eigenvalue weighted by Crippen LogP contribution is -2.12. The third-order valence-electron chi connectivity index (χ3n) is 2.73. The number of hydrogen-bond acceptors (Lipinski definition) is 3. The largest absolute Gasteiger partial charge is 0.292 e. The number of ketones is 1. The highest BCUT2D eigenvalue weighted by atomic mass is 32.1. The van der Waals surface area contributed by atoms with Gasteiger partial charge >= 0.3 is 0 Å². The highest BCUT2D eigenvalue weighted by Gasteiger charge is 2.24. The second-order valence-electron chi connectivity index (χ2n) is 4.10. The van der Waals surface area contributed by atoms with E-state index in [4.69, 9.17) is 5.26 Å². The molecular weight excluding hydrogens is 268 g/mol. The van der Waals surface area contributed by atoms with Gasteiger partial charge in [-0.15, -0.1) is 0 Å². The Morgan fingerprint density at radius 1 is 1.26 bits per heavy atom. The van der Waals surface area contributed by atoms with Gasteiger partial charge < -0.3 is 0 Å². The molecule has 0 saturated carbocycles. The zero-order valence-electron chi connectivity index (χ0n) is 9.98. The second kappa shape index (κ2) is 5.29. The highest BCUT2D eigenvalue weighted by molar-refractivity contribution is 7.08. The van der Waals surface area contributed by atoms with E-state index in [2.05, 4.69) is 0 Å². The summed E-state index contributed by atoms with van der Waals surface area (Å²) in [6.07, 6.45) is 0. The summed E-state index contributed by atoms with van der Waals surface area (Å²) in [7, 11) is 0. The summed E-state index contributed by atoms with van der Waals surface area (Å²) in [5, 5.41) is 12.5. The van der Waals surface area contributed by atoms with E-state index in [0.717, 1.165) is 17.7 Å². The van der Waals surface area contributed by atoms with Crippen LogP contribution in [0.1, 0.15) is 27.4 Å². The molecule has 0 aliphatic rings. The van der Waals surface area contributed by atoms with Crippen molar-refractivity contribution in [1.82, 2.24) is 0 Å². The number of Topliss-reactive ketones (excluding diaryl/α,β-unsaturated/α-hetero) is 1. The van der Waals surface area contributed by atoms with Crippen molar-refractivity contribution < 1.29 is 13.6 Å². The predicted molar refractivity (Wildman–Crippen MR) is 68.1 cm³/mol. The maximum absolute atomic E-state index is 13.2. The molecule has 1 aromatic carbocycles. The number of carbonyl (C=O) groups excluding carboxylic acids is 1. The summed E-state index contributed by atoms with van der Waals surface area (Å²) in [5.41, 5.74) is 1.21. The smallest absolute Gasteiger partial charge is 0.185 e. The molecule has 1 aromatic heterocycles. The summed E-state index contributed by atoms with van der Waals surface area (Å²) in [4.78, 5) is 12.2. The topological polar surface area (TPSA) is 40.9 Å². The van der Waals surface area contributed by atoms with E-state index in [1.807, 2.05) is 6.07 Å². The van der Waals surface area contributed by atoms with Gasteiger partial charge in [0.15, 0.2) is 5.78 Å². The van der Waals surface area contributed by atoms with Gasteiger partial charge in [-0.05, 0) is 35.6 Å². The molecule has 2 rings (SSSR count). The van der Waals surface area contributed by atoms with E-state index in [9.17, 15) is 13.6 Å². The third kappa shape index (κ3) is 2.69. The molecule has 1 atom stereocenters. The van der Waals surface area contributed by atoms with Gasteiger partial charge in [-0.3, -0.25) is 4.79 Å². The Balaban J connectivity index is 2.43. The average Bonchev–Trinajstić information content (AvgIpc) is 2.75. The van der Waals surface area contributed by atoms with Gasteiger partial charge in [0.25, 0.3) is 0 Å². The van der Waals surface area contributed by atoms with Crippen molar-refractivity contribution in [2.75, 3.05) is 0 Å². The van der Waals surface area contributed by atoms with Crippen LogP contribution in [0, 0.1) is 29.9 Å². The maximum atomic E-state index is 13.2. The van der Waals surface area contributed by atoms with Gasteiger partial charge in [0.05, 0.1) is 6.07 Å². The van der Waals surface area contributed by atoms with Crippen molar-refractivity contribution in [2.24, 2.45) is 0 Å². The van der Waals surface area contributed by atoms with Gasteiger partial charge in [0.1, 0.15) is 17.6 Å². The molecule has 2 aromatic rings. The number of aryl methyl sites for hydroxylation is 1. The minimum Gasteiger partial charge on any atom is -0.292 e. The number of nitriles is 1. The number of halogens is 2. The second-order valence-corrected chi connectivity index (χ2v) is 4.84. The van der Waals surface area contributed by atoms with Crippen molar-refractivity contribution in [1.29, 1.82) is 5.26 Å². The van der Waals surface area contributed by atoms with E-state index < -0.39 is 23.3 Å². The minimum atomic E-state index is -1.20. The molecule has 0 aliphatic carbocycles. The van der Waals surface area contributed by atoms with Crippen LogP contribution in [0.25, 0.3) is 0 Å². The lowest BCUT2D eigenvalue weighted by molar-refractivity contribution is 0.0978. The van der Waals surface area contributed by atoms with Gasteiger partial charge in [0.2, 0.25) is 0 Å². The lowest BCUT2D eigenvalue weighted by atomic mass is 9.91. The van der Waals surface area contributed by atoms with Crippen LogP contribution in [0.5, 0.6) is 0 Å². The Morgan fingerprint density at radius 3 is 2.37 bits per heavy atom. The van der Waals surface area contributed by atoms with Crippen molar-refractivity contribution in [3.63, 3.8) is 0 Å². The fourth-order valence-corrected chi connectivity index (χ4v) is 2.63. The number of thiophene rings is 1. The Kier molecular flexibility index (Phi) is 3.72. The molecule has 0 spiro atoms. The number of nitrogens with zero attached hydrogens (tertiary/aromatic N) is 1. The first-order valence-electron chi connectivity index (χ1n) is 5.45. The van der Waals surface area contributed by atoms with Crippen molar-refractivity contribution in [2.45, 2.75) is 12.8 Å². The lowest BCUT2D eigenvalue weighted by Gasteiger charge is -2.08. The van der Waals surface area contributed by atoms with Crippen molar-refractivity contribution >= 4 is 17.1 Å². The summed E-state index contributed by atoms with van der Waals surface area (Å²) in [6.45, 7) is 1.75. The van der Waals surface area contributed by atoms with E-state index in [0.29, 0.717) is 11.6 Å². The number of rotatable bonds is 3. The van der Waals surface area contributed by atoms with Crippen LogP contribution in [0.15, 0.2) is 29.0 Å². The van der Waals surface area contributed by atoms with E-state index in [-0.39, 0.29) is 5.56 Å². The molecular formula is C14H9F2NOS. The molecule has 0 aliphatic heterocycles. The predicted octanol–water partition coefficient (Wildman–Crippen LogP) is 3.82. The molecule has 0 amide bonds. The quantitative estimate of drug-likeness (QED) is 0.800. The number of benzene rings is 1. The summed E-state index contributed by atoms with van der Waals surface area (Å²) in [6, 6.07) is 4.54. The van der Waals surface area contributed by atoms with Crippen LogP contribution < -0.4 is 0 Å². The van der Waals surface area contributed by atoms with Gasteiger partial charge in [0, 0.05) is 17.0 Å². The van der Waals surface area contributed by atoms with Crippen LogP contribution in [0.2, 0.25) is 0 Å². The maximum Gasteiger partial charge on any atom is 0.185 e. The summed E-state index contributed by atoms with van der Waals surface area (Å²) >= 11 is 1.35. The minimum absolute atomic E-state index is 0.0376. The normalized spacial score (nSPS) is 11.9. The van der Waals surface area contributed by atoms with Gasteiger partial charge in [-0.25, -0.2) is 8.78 Å². The van der Waals surface area contributed by atoms with Crippen molar-refractivity contribution in [3.8, 4) is 6.07 Å². The Bertz CT molecular complexity index is 652. The number of hydrogen-bond donors (Lipinski definition) is 0. The zero-order chi connectivity index (χ0) is 14.0. The van der Waals surface area contributed by atoms with Crippen LogP contribution >= 0.6 is 11.3 Å². The van der Waals surface area contributed by atoms with E-state index >= 15 is 0 Å². The summed E-state index contributed by atoms with van der Waals surface area (Å²) in [5.74, 6) is -3.24. The average molecular weight is 277 g/mol. The molecule has 96 valence electrons. The first kappa shape index (κ1) is 13.4. The van der Waals surface area contributed by atoms with Gasteiger partial charge in [-0.2, -0.15) is 16.6 Å². The molecule has 5 heteroatoms. The standard InChI is InChI=1S/C14H9F2NOS/c1-8-6-19-7-13(8)14(18)12(5-17)9-2-10(15)4-11(16)3-9/h2-4,6-7,12H,1H3. The van der Waals surface area contributed by atoms with Gasteiger partial charge in [-0.1, -0.05) is 0 Å². The molecule has 0 radical (unpaired) electrons. The van der Waals surface area contributed by atoms with Crippen LogP contribution in [-0.4, -0.2) is 5.78 Å². The highest BCUT2D eigenvalue weighted by Crippen LogP contribution is 2.25. The molecule has 0 N–H and O–H groups in total. The molecule has 0 saturated heterocycles. The first-order valence-corrected chi connectivity index (χ1v) is 6.40. The third-order valence-corrected chi connectivity index (χ3v) is 3.59. The van der Waals surface area contributed by atoms with E-state index in [1.54, 1.807) is 17.7 Å². The Hall–Kier alpha value is -2.06. The summed E-state index contributed by atoms with van der Waals surface area (Å²) < 4.78 is 26.3. The molecule has 0 fully saturated rings. The Morgan fingerprint density at radius 2 is 1.89 bits per heavy atom. The molecule has 19 heavy (non-hydrogen) atoms. The first-order chi connectivity index (χ1) is 9.02. The van der Waals surface area contributed by atoms with Crippen LogP contribution in [0.4, 0.5) is 8.78 Å². The fourth-order valence-electron chi connectivity index (χ4n) is 1.79. The molecule has 2 nitrogen and oxygen atoms in total. The number of carbonyl (C=O) groups is 1. The van der Waals surface area contributed by atoms with E-state index in [1.165, 1.54) is 11.3 Å². The van der Waals surface area contributed by atoms with Crippen LogP contribution in [0.3, 0.4) is 0 Å². The van der Waals surface area contributed by atoms with Crippen molar-refractivity contribution in [3.05, 3.63) is 57.3 Å². The fraction of sp³-hybridized carbons (Fsp3) is 0.143. The monoisotopic (exact) mass is 277 g/mol. The van der Waals surface area contributed by atoms with Crippen LogP contribution in [-0.2, 0) is 0 Å². The molecule has 1 heterocycles. The SMILES string of the molecule is Cc1cscc1C(=O)C(C#N)c1cc(F)cc(F)c1. The molecule has 1 unspecified atom stereocenters. The Labute approximate surface area is 112 Å². The zero-order valence-corrected chi connectivity index (χ0v) is 10.8. The molecule has 0 bridgehead atoms.